The molecule has 108 valence electrons. The number of nitrogens with two attached hydrogens (primary N) is 1. The van der Waals surface area contributed by atoms with Crippen LogP contribution >= 0.6 is 12.4 Å². The lowest BCUT2D eigenvalue weighted by Crippen LogP contribution is -2.36. The van der Waals surface area contributed by atoms with E-state index in [0.29, 0.717) is 0 Å². The number of benzene rings is 1. The van der Waals surface area contributed by atoms with Crippen LogP contribution in [0.2, 0.25) is 0 Å². The van der Waals surface area contributed by atoms with Gasteiger partial charge in [0.2, 0.25) is 0 Å². The van der Waals surface area contributed by atoms with Gasteiger partial charge in [-0.15, -0.1) is 12.4 Å². The summed E-state index contributed by atoms with van der Waals surface area (Å²) in [4.78, 5) is 2.60. The maximum atomic E-state index is 6.10. The van der Waals surface area contributed by atoms with Gasteiger partial charge >= 0.3 is 0 Å². The fourth-order valence-corrected chi connectivity index (χ4v) is 3.04. The van der Waals surface area contributed by atoms with E-state index in [0.717, 1.165) is 24.8 Å². The van der Waals surface area contributed by atoms with Crippen LogP contribution in [0.3, 0.4) is 0 Å². The number of nitrogens with zero attached hydrogens (tertiary/aromatic N) is 1. The summed E-state index contributed by atoms with van der Waals surface area (Å²) in [5, 5.41) is 0. The van der Waals surface area contributed by atoms with Gasteiger partial charge in [0.05, 0.1) is 0 Å². The molecule has 0 spiro atoms. The second kappa shape index (κ2) is 7.76. The third-order valence-corrected chi connectivity index (χ3v) is 4.17. The van der Waals surface area contributed by atoms with Gasteiger partial charge < -0.3 is 5.73 Å². The zero-order chi connectivity index (χ0) is 13.0. The lowest BCUT2D eigenvalue weighted by molar-refractivity contribution is 0.156. The van der Waals surface area contributed by atoms with E-state index in [1.165, 1.54) is 43.2 Å². The van der Waals surface area contributed by atoms with E-state index >= 15 is 0 Å². The predicted molar refractivity (Wildman–Crippen MR) is 85.8 cm³/mol. The molecule has 0 radical (unpaired) electrons. The first-order valence-corrected chi connectivity index (χ1v) is 7.29. The highest BCUT2D eigenvalue weighted by atomic mass is 35.5. The summed E-state index contributed by atoms with van der Waals surface area (Å²) in [6, 6.07) is 7.14. The molecule has 0 unspecified atom stereocenters. The molecule has 0 amide bonds. The number of hydrogen-bond acceptors (Lipinski definition) is 2. The SMILES string of the molecule is CCN(Cc1cc(C)ccc1N)C1CCCCC1.Cl. The van der Waals surface area contributed by atoms with E-state index in [1.54, 1.807) is 0 Å². The van der Waals surface area contributed by atoms with Crippen molar-refractivity contribution < 1.29 is 0 Å². The van der Waals surface area contributed by atoms with Crippen molar-refractivity contribution in [1.29, 1.82) is 0 Å². The van der Waals surface area contributed by atoms with E-state index in [9.17, 15) is 0 Å². The molecule has 0 heterocycles. The van der Waals surface area contributed by atoms with Crippen LogP contribution < -0.4 is 5.73 Å². The van der Waals surface area contributed by atoms with Crippen LogP contribution in [0.1, 0.15) is 50.2 Å². The van der Waals surface area contributed by atoms with Gasteiger partial charge in [0.25, 0.3) is 0 Å². The van der Waals surface area contributed by atoms with Crippen molar-refractivity contribution in [2.45, 2.75) is 58.5 Å². The monoisotopic (exact) mass is 282 g/mol. The Bertz CT molecular complexity index is 386. The standard InChI is InChI=1S/C16H26N2.ClH/c1-3-18(15-7-5-4-6-8-15)12-14-11-13(2)9-10-16(14)17;/h9-11,15H,3-8,12,17H2,1-2H3;1H. The molecule has 0 aliphatic heterocycles. The quantitative estimate of drug-likeness (QED) is 0.841. The fourth-order valence-electron chi connectivity index (χ4n) is 3.04. The van der Waals surface area contributed by atoms with Gasteiger partial charge in [0, 0.05) is 18.3 Å². The molecule has 2 nitrogen and oxygen atoms in total. The average molecular weight is 283 g/mol. The first-order valence-electron chi connectivity index (χ1n) is 7.29. The largest absolute Gasteiger partial charge is 0.398 e. The minimum atomic E-state index is 0. The number of halogens is 1. The van der Waals surface area contributed by atoms with Crippen molar-refractivity contribution in [3.05, 3.63) is 29.3 Å². The van der Waals surface area contributed by atoms with Gasteiger partial charge in [-0.25, -0.2) is 0 Å². The molecule has 0 aromatic heterocycles. The molecule has 1 aliphatic carbocycles. The number of nitrogen functional groups attached to an aromatic ring is 1. The molecule has 19 heavy (non-hydrogen) atoms. The molecular formula is C16H27ClN2. The molecule has 0 bridgehead atoms. The molecule has 2 N–H and O–H groups in total. The first-order chi connectivity index (χ1) is 8.70. The summed E-state index contributed by atoms with van der Waals surface area (Å²) in [5.41, 5.74) is 9.63. The Morgan fingerprint density at radius 3 is 2.53 bits per heavy atom. The Balaban J connectivity index is 0.00000180. The molecule has 1 aromatic carbocycles. The van der Waals surface area contributed by atoms with E-state index in [1.807, 2.05) is 6.07 Å². The first kappa shape index (κ1) is 16.3. The van der Waals surface area contributed by atoms with Crippen LogP contribution in [0, 0.1) is 6.92 Å². The maximum absolute atomic E-state index is 6.10. The molecule has 1 fully saturated rings. The number of hydrogen-bond donors (Lipinski definition) is 1. The van der Waals surface area contributed by atoms with Crippen molar-refractivity contribution in [2.75, 3.05) is 12.3 Å². The lowest BCUT2D eigenvalue weighted by atomic mass is 9.93. The Hall–Kier alpha value is -0.730. The van der Waals surface area contributed by atoms with Crippen LogP contribution in [0.5, 0.6) is 0 Å². The van der Waals surface area contributed by atoms with Gasteiger partial charge in [0.1, 0.15) is 0 Å². The van der Waals surface area contributed by atoms with Gasteiger partial charge in [-0.05, 0) is 37.9 Å². The van der Waals surface area contributed by atoms with E-state index < -0.39 is 0 Å². The molecular weight excluding hydrogens is 256 g/mol. The zero-order valence-electron chi connectivity index (χ0n) is 12.2. The molecule has 1 saturated carbocycles. The fraction of sp³-hybridized carbons (Fsp3) is 0.625. The Morgan fingerprint density at radius 2 is 1.89 bits per heavy atom. The molecule has 3 heteroatoms. The van der Waals surface area contributed by atoms with Crippen LogP contribution in [-0.4, -0.2) is 17.5 Å². The number of aryl methyl sites for hydroxylation is 1. The number of rotatable bonds is 4. The normalized spacial score (nSPS) is 16.4. The van der Waals surface area contributed by atoms with E-state index in [4.69, 9.17) is 5.73 Å². The van der Waals surface area contributed by atoms with E-state index in [2.05, 4.69) is 30.9 Å². The summed E-state index contributed by atoms with van der Waals surface area (Å²) >= 11 is 0. The molecule has 2 rings (SSSR count). The van der Waals surface area contributed by atoms with Gasteiger partial charge in [0.15, 0.2) is 0 Å². The van der Waals surface area contributed by atoms with Crippen LogP contribution in [0.4, 0.5) is 5.69 Å². The predicted octanol–water partition coefficient (Wildman–Crippen LogP) is 4.15. The highest BCUT2D eigenvalue weighted by molar-refractivity contribution is 5.85. The van der Waals surface area contributed by atoms with Crippen molar-refractivity contribution in [3.63, 3.8) is 0 Å². The third-order valence-electron chi connectivity index (χ3n) is 4.17. The zero-order valence-corrected chi connectivity index (χ0v) is 13.0. The van der Waals surface area contributed by atoms with Crippen LogP contribution in [0.15, 0.2) is 18.2 Å². The molecule has 1 aromatic rings. The minimum Gasteiger partial charge on any atom is -0.398 e. The third kappa shape index (κ3) is 4.39. The summed E-state index contributed by atoms with van der Waals surface area (Å²) in [5.74, 6) is 0. The van der Waals surface area contributed by atoms with Crippen LogP contribution in [0.25, 0.3) is 0 Å². The number of anilines is 1. The highest BCUT2D eigenvalue weighted by Crippen LogP contribution is 2.25. The van der Waals surface area contributed by atoms with Gasteiger partial charge in [-0.1, -0.05) is 43.9 Å². The van der Waals surface area contributed by atoms with Gasteiger partial charge in [-0.3, -0.25) is 4.90 Å². The molecule has 1 aliphatic rings. The molecule has 0 saturated heterocycles. The Labute approximate surface area is 123 Å². The Morgan fingerprint density at radius 1 is 1.21 bits per heavy atom. The van der Waals surface area contributed by atoms with Crippen LogP contribution in [-0.2, 0) is 6.54 Å². The Kier molecular flexibility index (Phi) is 6.67. The summed E-state index contributed by atoms with van der Waals surface area (Å²) < 4.78 is 0. The topological polar surface area (TPSA) is 29.3 Å². The summed E-state index contributed by atoms with van der Waals surface area (Å²) in [6.45, 7) is 6.53. The summed E-state index contributed by atoms with van der Waals surface area (Å²) in [6.07, 6.45) is 6.93. The van der Waals surface area contributed by atoms with Gasteiger partial charge in [-0.2, -0.15) is 0 Å². The summed E-state index contributed by atoms with van der Waals surface area (Å²) in [7, 11) is 0. The van der Waals surface area contributed by atoms with Crippen molar-refractivity contribution in [3.8, 4) is 0 Å². The van der Waals surface area contributed by atoms with Crippen molar-refractivity contribution in [1.82, 2.24) is 4.90 Å². The van der Waals surface area contributed by atoms with Crippen molar-refractivity contribution in [2.24, 2.45) is 0 Å². The lowest BCUT2D eigenvalue weighted by Gasteiger charge is -2.33. The highest BCUT2D eigenvalue weighted by Gasteiger charge is 2.20. The van der Waals surface area contributed by atoms with E-state index in [-0.39, 0.29) is 12.4 Å². The average Bonchev–Trinajstić information content (AvgIpc) is 2.41. The maximum Gasteiger partial charge on any atom is 0.0359 e. The minimum absolute atomic E-state index is 0. The van der Waals surface area contributed by atoms with Crippen molar-refractivity contribution >= 4 is 18.1 Å². The second-order valence-corrected chi connectivity index (χ2v) is 5.56. The molecule has 0 atom stereocenters. The smallest absolute Gasteiger partial charge is 0.0359 e. The second-order valence-electron chi connectivity index (χ2n) is 5.56.